The molecule has 1 aromatic rings. The molecule has 0 aliphatic carbocycles. The second-order valence-corrected chi connectivity index (χ2v) is 3.92. The van der Waals surface area contributed by atoms with Gasteiger partial charge >= 0.3 is 11.8 Å². The fraction of sp³-hybridized carbons (Fsp3) is 0.182. The lowest BCUT2D eigenvalue weighted by Gasteiger charge is -2.20. The number of nitrogens with zero attached hydrogens (tertiary/aromatic N) is 1. The predicted octanol–water partition coefficient (Wildman–Crippen LogP) is -0.0922. The van der Waals surface area contributed by atoms with Gasteiger partial charge in [-0.2, -0.15) is 8.78 Å². The van der Waals surface area contributed by atoms with Crippen LogP contribution in [0.3, 0.4) is 0 Å². The topological polar surface area (TPSA) is 92.5 Å². The molecule has 1 aliphatic heterocycles. The Morgan fingerprint density at radius 2 is 1.68 bits per heavy atom. The van der Waals surface area contributed by atoms with E-state index in [4.69, 9.17) is 0 Å². The molecule has 6 nitrogen and oxygen atoms in total. The van der Waals surface area contributed by atoms with Crippen molar-refractivity contribution < 1.29 is 23.2 Å². The second kappa shape index (κ2) is 4.39. The van der Waals surface area contributed by atoms with Crippen LogP contribution in [0.15, 0.2) is 24.3 Å². The summed E-state index contributed by atoms with van der Waals surface area (Å²) in [4.78, 5) is 34.8. The number of hydrogen-bond donors (Lipinski definition) is 2. The van der Waals surface area contributed by atoms with Gasteiger partial charge in [-0.25, -0.2) is 5.84 Å². The highest BCUT2D eigenvalue weighted by atomic mass is 19.3. The number of hydrazine groups is 1. The summed E-state index contributed by atoms with van der Waals surface area (Å²) in [6, 6.07) is 5.74. The maximum Gasteiger partial charge on any atom is 0.343 e. The van der Waals surface area contributed by atoms with Crippen LogP contribution in [0.5, 0.6) is 0 Å². The normalized spacial score (nSPS) is 14.6. The van der Waals surface area contributed by atoms with Crippen molar-refractivity contribution in [3.05, 3.63) is 35.4 Å². The monoisotopic (exact) mass is 269 g/mol. The molecular formula is C11H9F2N3O3. The smallest absolute Gasteiger partial charge is 0.289 e. The van der Waals surface area contributed by atoms with E-state index in [0.717, 1.165) is 0 Å². The SMILES string of the molecule is NNC(=O)C(F)(F)CN1C(=O)c2ccccc2C1=O. The van der Waals surface area contributed by atoms with E-state index in [9.17, 15) is 23.2 Å². The van der Waals surface area contributed by atoms with Crippen molar-refractivity contribution in [2.24, 2.45) is 5.84 Å². The van der Waals surface area contributed by atoms with Crippen molar-refractivity contribution in [2.75, 3.05) is 6.54 Å². The Kier molecular flexibility index (Phi) is 3.03. The number of benzene rings is 1. The van der Waals surface area contributed by atoms with Crippen molar-refractivity contribution in [1.29, 1.82) is 0 Å². The van der Waals surface area contributed by atoms with Crippen LogP contribution in [-0.2, 0) is 4.79 Å². The van der Waals surface area contributed by atoms with E-state index in [1.54, 1.807) is 0 Å². The van der Waals surface area contributed by atoms with Crippen LogP contribution in [0, 0.1) is 0 Å². The van der Waals surface area contributed by atoms with Gasteiger partial charge in [0.05, 0.1) is 11.1 Å². The van der Waals surface area contributed by atoms with Crippen LogP contribution >= 0.6 is 0 Å². The molecule has 2 rings (SSSR count). The van der Waals surface area contributed by atoms with Gasteiger partial charge in [-0.3, -0.25) is 24.7 Å². The van der Waals surface area contributed by atoms with Crippen LogP contribution in [-0.4, -0.2) is 35.1 Å². The first kappa shape index (κ1) is 13.1. The van der Waals surface area contributed by atoms with E-state index in [1.807, 2.05) is 0 Å². The number of fused-ring (bicyclic) bond motifs is 1. The Balaban J connectivity index is 2.28. The molecule has 0 fully saturated rings. The third-order valence-corrected chi connectivity index (χ3v) is 2.70. The molecule has 0 saturated heterocycles. The number of rotatable bonds is 3. The zero-order chi connectivity index (χ0) is 14.2. The van der Waals surface area contributed by atoms with E-state index < -0.39 is 30.2 Å². The molecule has 0 saturated carbocycles. The molecule has 3 N–H and O–H groups in total. The summed E-state index contributed by atoms with van der Waals surface area (Å²) in [6.45, 7) is -1.34. The van der Waals surface area contributed by atoms with Crippen molar-refractivity contribution in [1.82, 2.24) is 10.3 Å². The maximum absolute atomic E-state index is 13.4. The van der Waals surface area contributed by atoms with Crippen LogP contribution < -0.4 is 11.3 Å². The Morgan fingerprint density at radius 3 is 2.11 bits per heavy atom. The summed E-state index contributed by atoms with van der Waals surface area (Å²) in [5.41, 5.74) is 1.37. The molecule has 0 atom stereocenters. The second-order valence-electron chi connectivity index (χ2n) is 3.92. The summed E-state index contributed by atoms with van der Waals surface area (Å²) in [7, 11) is 0. The van der Waals surface area contributed by atoms with Gasteiger partial charge in [0.15, 0.2) is 0 Å². The highest BCUT2D eigenvalue weighted by Gasteiger charge is 2.46. The maximum atomic E-state index is 13.4. The van der Waals surface area contributed by atoms with Gasteiger partial charge in [0.2, 0.25) is 0 Å². The van der Waals surface area contributed by atoms with Gasteiger partial charge in [-0.15, -0.1) is 0 Å². The zero-order valence-electron chi connectivity index (χ0n) is 9.52. The molecule has 8 heteroatoms. The van der Waals surface area contributed by atoms with Crippen molar-refractivity contribution in [2.45, 2.75) is 5.92 Å². The summed E-state index contributed by atoms with van der Waals surface area (Å²) in [6.07, 6.45) is 0. The average molecular weight is 269 g/mol. The van der Waals surface area contributed by atoms with Gasteiger partial charge in [-0.05, 0) is 12.1 Å². The zero-order valence-corrected chi connectivity index (χ0v) is 9.52. The standard InChI is InChI=1S/C11H9F2N3O3/c12-11(13,10(19)15-14)5-16-8(17)6-3-1-2-4-7(6)9(16)18/h1-4H,5,14H2,(H,15,19). The average Bonchev–Trinajstić information content (AvgIpc) is 2.63. The van der Waals surface area contributed by atoms with Gasteiger partial charge in [0.1, 0.15) is 6.54 Å². The molecule has 100 valence electrons. The third kappa shape index (κ3) is 2.06. The minimum Gasteiger partial charge on any atom is -0.289 e. The van der Waals surface area contributed by atoms with E-state index in [-0.39, 0.29) is 11.1 Å². The van der Waals surface area contributed by atoms with Gasteiger partial charge in [0, 0.05) is 0 Å². The Bertz CT molecular complexity index is 539. The van der Waals surface area contributed by atoms with Gasteiger partial charge in [-0.1, -0.05) is 12.1 Å². The first-order valence-electron chi connectivity index (χ1n) is 5.22. The predicted molar refractivity (Wildman–Crippen MR) is 59.1 cm³/mol. The molecule has 1 heterocycles. The molecule has 0 bridgehead atoms. The molecule has 0 spiro atoms. The number of carbonyl (C=O) groups is 3. The van der Waals surface area contributed by atoms with Gasteiger partial charge < -0.3 is 0 Å². The highest BCUT2D eigenvalue weighted by Crippen LogP contribution is 2.26. The molecule has 1 aromatic carbocycles. The number of nitrogens with two attached hydrogens (primary N) is 1. The van der Waals surface area contributed by atoms with Crippen molar-refractivity contribution in [3.63, 3.8) is 0 Å². The van der Waals surface area contributed by atoms with Gasteiger partial charge in [0.25, 0.3) is 11.8 Å². The molecular weight excluding hydrogens is 260 g/mol. The summed E-state index contributed by atoms with van der Waals surface area (Å²) in [5, 5.41) is 0. The summed E-state index contributed by atoms with van der Waals surface area (Å²) >= 11 is 0. The van der Waals surface area contributed by atoms with E-state index in [0.29, 0.717) is 4.90 Å². The lowest BCUT2D eigenvalue weighted by atomic mass is 10.1. The molecule has 1 aliphatic rings. The molecule has 0 aromatic heterocycles. The molecule has 0 radical (unpaired) electrons. The van der Waals surface area contributed by atoms with Crippen LogP contribution in [0.1, 0.15) is 20.7 Å². The molecule has 0 unspecified atom stereocenters. The quantitative estimate of drug-likeness (QED) is 0.347. The third-order valence-electron chi connectivity index (χ3n) is 2.70. The largest absolute Gasteiger partial charge is 0.343 e. The first-order chi connectivity index (χ1) is 8.88. The number of carbonyl (C=O) groups excluding carboxylic acids is 3. The molecule has 19 heavy (non-hydrogen) atoms. The van der Waals surface area contributed by atoms with Crippen LogP contribution in [0.25, 0.3) is 0 Å². The lowest BCUT2D eigenvalue weighted by molar-refractivity contribution is -0.146. The fourth-order valence-corrected chi connectivity index (χ4v) is 1.76. The van der Waals surface area contributed by atoms with Crippen LogP contribution in [0.2, 0.25) is 0 Å². The van der Waals surface area contributed by atoms with E-state index in [2.05, 4.69) is 5.84 Å². The summed E-state index contributed by atoms with van der Waals surface area (Å²) in [5.74, 6) is -2.80. The first-order valence-corrected chi connectivity index (χ1v) is 5.22. The number of alkyl halides is 2. The number of imide groups is 1. The lowest BCUT2D eigenvalue weighted by Crippen LogP contribution is -2.51. The van der Waals surface area contributed by atoms with Crippen molar-refractivity contribution >= 4 is 17.7 Å². The van der Waals surface area contributed by atoms with E-state index >= 15 is 0 Å². The Morgan fingerprint density at radius 1 is 1.21 bits per heavy atom. The minimum atomic E-state index is -3.94. The summed E-state index contributed by atoms with van der Waals surface area (Å²) < 4.78 is 26.8. The molecule has 3 amide bonds. The van der Waals surface area contributed by atoms with E-state index in [1.165, 1.54) is 29.7 Å². The number of amides is 3. The number of halogens is 2. The Labute approximate surface area is 106 Å². The fourth-order valence-electron chi connectivity index (χ4n) is 1.76. The number of hydrogen-bond acceptors (Lipinski definition) is 4. The highest BCUT2D eigenvalue weighted by molar-refractivity contribution is 6.21. The number of nitrogens with one attached hydrogen (secondary N) is 1. The Hall–Kier alpha value is -2.35. The van der Waals surface area contributed by atoms with Crippen LogP contribution in [0.4, 0.5) is 8.78 Å². The minimum absolute atomic E-state index is 0.0384. The van der Waals surface area contributed by atoms with Crippen molar-refractivity contribution in [3.8, 4) is 0 Å².